The zero-order chi connectivity index (χ0) is 14.9. The molecule has 0 aliphatic carbocycles. The molecule has 1 heterocycles. The second kappa shape index (κ2) is 7.46. The van der Waals surface area contributed by atoms with E-state index in [1.165, 1.54) is 6.08 Å². The molecule has 2 rings (SSSR count). The van der Waals surface area contributed by atoms with Crippen molar-refractivity contribution in [3.05, 3.63) is 60.8 Å². The highest BCUT2D eigenvalue weighted by Crippen LogP contribution is 2.18. The number of aromatic nitrogens is 2. The number of hydrogen-bond acceptors (Lipinski definition) is 5. The maximum atomic E-state index is 8.62. The predicted octanol–water partition coefficient (Wildman–Crippen LogP) is 3.35. The predicted molar refractivity (Wildman–Crippen MR) is 85.1 cm³/mol. The van der Waals surface area contributed by atoms with E-state index in [9.17, 15) is 0 Å². The second-order valence-corrected chi connectivity index (χ2v) is 4.12. The number of anilines is 3. The minimum atomic E-state index is 0.488. The van der Waals surface area contributed by atoms with E-state index in [2.05, 4.69) is 27.2 Å². The molecule has 5 heteroatoms. The van der Waals surface area contributed by atoms with Crippen LogP contribution < -0.4 is 10.6 Å². The number of nitrogens with zero attached hydrogens (tertiary/aromatic N) is 3. The summed E-state index contributed by atoms with van der Waals surface area (Å²) >= 11 is 0. The summed E-state index contributed by atoms with van der Waals surface area (Å²) in [6, 6.07) is 11.6. The molecule has 0 spiro atoms. The Kier molecular flexibility index (Phi) is 5.07. The third-order valence-electron chi connectivity index (χ3n) is 2.60. The van der Waals surface area contributed by atoms with Crippen LogP contribution in [-0.4, -0.2) is 16.5 Å². The van der Waals surface area contributed by atoms with Gasteiger partial charge in [-0.05, 0) is 18.2 Å². The zero-order valence-corrected chi connectivity index (χ0v) is 11.5. The number of nitriles is 1. The number of para-hydroxylation sites is 1. The molecule has 0 saturated carbocycles. The van der Waals surface area contributed by atoms with E-state index < -0.39 is 0 Å². The zero-order valence-electron chi connectivity index (χ0n) is 11.5. The number of allylic oxidation sites excluding steroid dienone is 1. The molecular weight excluding hydrogens is 262 g/mol. The molecule has 0 aliphatic rings. The molecule has 5 nitrogen and oxygen atoms in total. The molecule has 21 heavy (non-hydrogen) atoms. The first-order valence-corrected chi connectivity index (χ1v) is 6.43. The Hall–Kier alpha value is -3.13. The van der Waals surface area contributed by atoms with Crippen molar-refractivity contribution in [3.8, 4) is 6.07 Å². The Bertz CT molecular complexity index is 671. The molecule has 0 atom stereocenters. The summed E-state index contributed by atoms with van der Waals surface area (Å²) in [5.41, 5.74) is 1.66. The SMILES string of the molecule is C=CCNc1nc(Nc2ccccc2)ncc1/C=C/C#N. The molecule has 1 aromatic carbocycles. The first-order valence-electron chi connectivity index (χ1n) is 6.43. The first-order chi connectivity index (χ1) is 10.3. The topological polar surface area (TPSA) is 73.6 Å². The summed E-state index contributed by atoms with van der Waals surface area (Å²) < 4.78 is 0. The Morgan fingerprint density at radius 2 is 2.10 bits per heavy atom. The van der Waals surface area contributed by atoms with Crippen molar-refractivity contribution in [1.29, 1.82) is 5.26 Å². The highest BCUT2D eigenvalue weighted by Gasteiger charge is 2.04. The van der Waals surface area contributed by atoms with Crippen LogP contribution in [-0.2, 0) is 0 Å². The Morgan fingerprint density at radius 3 is 2.81 bits per heavy atom. The normalized spacial score (nSPS) is 10.0. The van der Waals surface area contributed by atoms with Gasteiger partial charge in [0.25, 0.3) is 0 Å². The summed E-state index contributed by atoms with van der Waals surface area (Å²) in [6.07, 6.45) is 6.46. The molecule has 0 fully saturated rings. The van der Waals surface area contributed by atoms with E-state index >= 15 is 0 Å². The van der Waals surface area contributed by atoms with Crippen molar-refractivity contribution in [2.75, 3.05) is 17.2 Å². The first kappa shape index (κ1) is 14.3. The summed E-state index contributed by atoms with van der Waals surface area (Å²) in [5.74, 6) is 1.14. The molecular formula is C16H15N5. The average Bonchev–Trinajstić information content (AvgIpc) is 2.53. The van der Waals surface area contributed by atoms with Crippen LogP contribution in [0.4, 0.5) is 17.5 Å². The van der Waals surface area contributed by atoms with Gasteiger partial charge in [-0.3, -0.25) is 0 Å². The molecule has 104 valence electrons. The van der Waals surface area contributed by atoms with E-state index in [1.807, 2.05) is 36.4 Å². The van der Waals surface area contributed by atoms with Crippen molar-refractivity contribution >= 4 is 23.5 Å². The van der Waals surface area contributed by atoms with Crippen LogP contribution >= 0.6 is 0 Å². The molecule has 0 bridgehead atoms. The van der Waals surface area contributed by atoms with Gasteiger partial charge in [0.1, 0.15) is 5.82 Å². The van der Waals surface area contributed by atoms with Gasteiger partial charge < -0.3 is 10.6 Å². The van der Waals surface area contributed by atoms with Gasteiger partial charge in [0, 0.05) is 30.1 Å². The van der Waals surface area contributed by atoms with E-state index in [-0.39, 0.29) is 0 Å². The third kappa shape index (κ3) is 4.18. The lowest BCUT2D eigenvalue weighted by Crippen LogP contribution is -2.06. The Labute approximate surface area is 123 Å². The highest BCUT2D eigenvalue weighted by molar-refractivity contribution is 5.66. The monoisotopic (exact) mass is 277 g/mol. The van der Waals surface area contributed by atoms with Gasteiger partial charge in [0.2, 0.25) is 5.95 Å². The van der Waals surface area contributed by atoms with E-state index in [1.54, 1.807) is 18.3 Å². The maximum Gasteiger partial charge on any atom is 0.229 e. The molecule has 0 saturated heterocycles. The van der Waals surface area contributed by atoms with E-state index in [0.717, 1.165) is 11.3 Å². The second-order valence-electron chi connectivity index (χ2n) is 4.12. The Morgan fingerprint density at radius 1 is 1.29 bits per heavy atom. The smallest absolute Gasteiger partial charge is 0.229 e. The lowest BCUT2D eigenvalue weighted by Gasteiger charge is -2.10. The van der Waals surface area contributed by atoms with Crippen LogP contribution in [0.2, 0.25) is 0 Å². The molecule has 0 aliphatic heterocycles. The lowest BCUT2D eigenvalue weighted by molar-refractivity contribution is 1.13. The van der Waals surface area contributed by atoms with Gasteiger partial charge in [-0.15, -0.1) is 6.58 Å². The van der Waals surface area contributed by atoms with Gasteiger partial charge in [-0.2, -0.15) is 10.2 Å². The van der Waals surface area contributed by atoms with Crippen LogP contribution in [0, 0.1) is 11.3 Å². The standard InChI is InChI=1S/C16H15N5/c1-2-11-18-15-13(7-6-10-17)12-19-16(21-15)20-14-8-4-3-5-9-14/h2-9,12H,1,11H2,(H2,18,19,20,21)/b7-6+. The van der Waals surface area contributed by atoms with Crippen LogP contribution in [0.25, 0.3) is 6.08 Å². The number of benzene rings is 1. The number of rotatable bonds is 6. The van der Waals surface area contributed by atoms with Gasteiger partial charge in [0.15, 0.2) is 0 Å². The third-order valence-corrected chi connectivity index (χ3v) is 2.60. The minimum absolute atomic E-state index is 0.488. The number of nitrogens with one attached hydrogen (secondary N) is 2. The maximum absolute atomic E-state index is 8.62. The quantitative estimate of drug-likeness (QED) is 0.625. The van der Waals surface area contributed by atoms with Crippen LogP contribution in [0.5, 0.6) is 0 Å². The van der Waals surface area contributed by atoms with Crippen LogP contribution in [0.15, 0.2) is 55.3 Å². The van der Waals surface area contributed by atoms with Gasteiger partial charge in [0.05, 0.1) is 6.07 Å². The lowest BCUT2D eigenvalue weighted by atomic mass is 10.2. The number of hydrogen-bond donors (Lipinski definition) is 2. The molecule has 0 amide bonds. The van der Waals surface area contributed by atoms with E-state index in [0.29, 0.717) is 18.3 Å². The summed E-state index contributed by atoms with van der Waals surface area (Å²) in [5, 5.41) is 14.9. The highest BCUT2D eigenvalue weighted by atomic mass is 15.1. The fraction of sp³-hybridized carbons (Fsp3) is 0.0625. The van der Waals surface area contributed by atoms with Crippen molar-refractivity contribution in [2.24, 2.45) is 0 Å². The fourth-order valence-corrected chi connectivity index (χ4v) is 1.66. The van der Waals surface area contributed by atoms with Crippen molar-refractivity contribution in [2.45, 2.75) is 0 Å². The van der Waals surface area contributed by atoms with Crippen molar-refractivity contribution < 1.29 is 0 Å². The largest absolute Gasteiger partial charge is 0.366 e. The molecule has 0 radical (unpaired) electrons. The Balaban J connectivity index is 2.25. The average molecular weight is 277 g/mol. The van der Waals surface area contributed by atoms with E-state index in [4.69, 9.17) is 5.26 Å². The summed E-state index contributed by atoms with van der Waals surface area (Å²) in [7, 11) is 0. The molecule has 1 aromatic heterocycles. The minimum Gasteiger partial charge on any atom is -0.366 e. The van der Waals surface area contributed by atoms with Crippen molar-refractivity contribution in [1.82, 2.24) is 9.97 Å². The summed E-state index contributed by atoms with van der Waals surface area (Å²) in [4.78, 5) is 8.66. The van der Waals surface area contributed by atoms with Gasteiger partial charge in [-0.1, -0.05) is 24.3 Å². The summed E-state index contributed by atoms with van der Waals surface area (Å²) in [6.45, 7) is 4.24. The molecule has 2 aromatic rings. The molecule has 2 N–H and O–H groups in total. The van der Waals surface area contributed by atoms with Gasteiger partial charge >= 0.3 is 0 Å². The van der Waals surface area contributed by atoms with Crippen LogP contribution in [0.3, 0.4) is 0 Å². The van der Waals surface area contributed by atoms with Gasteiger partial charge in [-0.25, -0.2) is 4.98 Å². The fourth-order valence-electron chi connectivity index (χ4n) is 1.66. The van der Waals surface area contributed by atoms with Crippen molar-refractivity contribution in [3.63, 3.8) is 0 Å². The van der Waals surface area contributed by atoms with Crippen LogP contribution in [0.1, 0.15) is 5.56 Å². The molecule has 0 unspecified atom stereocenters.